The second kappa shape index (κ2) is 12.1. The molecule has 1 N–H and O–H groups in total. The van der Waals surface area contributed by atoms with Crippen LogP contribution in [0.25, 0.3) is 16.6 Å². The van der Waals surface area contributed by atoms with Gasteiger partial charge in [0.15, 0.2) is 0 Å². The van der Waals surface area contributed by atoms with Gasteiger partial charge in [0, 0.05) is 56.2 Å². The van der Waals surface area contributed by atoms with Crippen LogP contribution in [0.5, 0.6) is 5.75 Å². The summed E-state index contributed by atoms with van der Waals surface area (Å²) < 4.78 is 7.24. The molecule has 186 valence electrons. The van der Waals surface area contributed by atoms with Gasteiger partial charge in [-0.15, -0.1) is 0 Å². The number of hydrogen-bond acceptors (Lipinski definition) is 8. The Labute approximate surface area is 211 Å². The number of aliphatic hydroxyl groups excluding tert-OH is 1. The van der Waals surface area contributed by atoms with Gasteiger partial charge in [0.1, 0.15) is 24.2 Å². The smallest absolute Gasteiger partial charge is 0.138 e. The summed E-state index contributed by atoms with van der Waals surface area (Å²) >= 11 is 0. The molecule has 0 amide bonds. The molecular formula is C27H31N7O2. The minimum atomic E-state index is -0.0820. The molecular weight excluding hydrogens is 454 g/mol. The molecule has 1 aliphatic rings. The molecule has 5 rings (SSSR count). The van der Waals surface area contributed by atoms with E-state index >= 15 is 0 Å². The van der Waals surface area contributed by atoms with E-state index in [1.54, 1.807) is 16.9 Å². The average molecular weight is 486 g/mol. The number of piperazine rings is 1. The number of anilines is 1. The number of aromatic nitrogens is 4. The number of nitrogens with zero attached hydrogens (tertiary/aromatic N) is 7. The zero-order valence-electron chi connectivity index (χ0n) is 20.7. The number of nitriles is 1. The summed E-state index contributed by atoms with van der Waals surface area (Å²) in [6.07, 6.45) is 6.92. The molecule has 0 atom stereocenters. The topological polar surface area (TPSA) is 103 Å². The Balaban J connectivity index is 0.00000148. The summed E-state index contributed by atoms with van der Waals surface area (Å²) in [4.78, 5) is 13.8. The monoisotopic (exact) mass is 485 g/mol. The first-order chi connectivity index (χ1) is 17.7. The van der Waals surface area contributed by atoms with Crippen molar-refractivity contribution in [2.45, 2.75) is 20.4 Å². The van der Waals surface area contributed by atoms with Gasteiger partial charge in [0.05, 0.1) is 35.8 Å². The molecule has 1 aliphatic heterocycles. The molecule has 4 aromatic rings. The first kappa shape index (κ1) is 25.1. The Kier molecular flexibility index (Phi) is 8.44. The number of rotatable bonds is 7. The fraction of sp³-hybridized carbons (Fsp3) is 0.333. The van der Waals surface area contributed by atoms with Crippen LogP contribution in [0.4, 0.5) is 5.82 Å². The highest BCUT2D eigenvalue weighted by Crippen LogP contribution is 2.31. The molecule has 0 spiro atoms. The highest BCUT2D eigenvalue weighted by Gasteiger charge is 2.19. The summed E-state index contributed by atoms with van der Waals surface area (Å²) in [5.74, 6) is 1.50. The fourth-order valence-corrected chi connectivity index (χ4v) is 4.23. The van der Waals surface area contributed by atoms with Crippen molar-refractivity contribution in [3.8, 4) is 22.9 Å². The molecule has 0 bridgehead atoms. The van der Waals surface area contributed by atoms with Crippen LogP contribution in [0.3, 0.4) is 0 Å². The lowest BCUT2D eigenvalue weighted by molar-refractivity contribution is 0.201. The van der Waals surface area contributed by atoms with Gasteiger partial charge in [-0.05, 0) is 30.3 Å². The van der Waals surface area contributed by atoms with E-state index in [0.29, 0.717) is 16.8 Å². The van der Waals surface area contributed by atoms with Crippen LogP contribution < -0.4 is 9.64 Å². The van der Waals surface area contributed by atoms with Crippen LogP contribution in [0.15, 0.2) is 61.2 Å². The van der Waals surface area contributed by atoms with E-state index in [1.807, 2.05) is 56.6 Å². The lowest BCUT2D eigenvalue weighted by Gasteiger charge is -2.35. The summed E-state index contributed by atoms with van der Waals surface area (Å²) in [6.45, 7) is 8.66. The fourth-order valence-electron chi connectivity index (χ4n) is 4.23. The standard InChI is InChI=1S/C25H25N7O2.C2H6/c26-14-20-16-29-32-18-22(34-12-11-33)13-23(25(20)32)19-4-5-24(28-15-19)31-9-7-30(8-10-31)17-21-3-1-2-6-27-21;1-2/h1-6,13,15-16,18,33H,7-12,17H2;1-2H3. The van der Waals surface area contributed by atoms with Gasteiger partial charge in [-0.2, -0.15) is 10.4 Å². The number of fused-ring (bicyclic) bond motifs is 1. The van der Waals surface area contributed by atoms with Gasteiger partial charge in [-0.3, -0.25) is 9.88 Å². The van der Waals surface area contributed by atoms with Crippen LogP contribution in [0.2, 0.25) is 0 Å². The van der Waals surface area contributed by atoms with Crippen LogP contribution >= 0.6 is 0 Å². The number of hydrogen-bond donors (Lipinski definition) is 1. The van der Waals surface area contributed by atoms with E-state index in [1.165, 1.54) is 0 Å². The molecule has 9 heteroatoms. The van der Waals surface area contributed by atoms with Crippen molar-refractivity contribution in [2.75, 3.05) is 44.3 Å². The Bertz CT molecular complexity index is 1290. The second-order valence-corrected chi connectivity index (χ2v) is 8.11. The molecule has 1 saturated heterocycles. The maximum absolute atomic E-state index is 9.54. The Morgan fingerprint density at radius 2 is 1.89 bits per heavy atom. The summed E-state index contributed by atoms with van der Waals surface area (Å²) in [5.41, 5.74) is 3.96. The first-order valence-electron chi connectivity index (χ1n) is 12.2. The van der Waals surface area contributed by atoms with Gasteiger partial charge >= 0.3 is 0 Å². The molecule has 0 aliphatic carbocycles. The third-order valence-corrected chi connectivity index (χ3v) is 5.93. The maximum Gasteiger partial charge on any atom is 0.138 e. The summed E-state index contributed by atoms with van der Waals surface area (Å²) in [7, 11) is 0. The molecule has 0 aromatic carbocycles. The van der Waals surface area contributed by atoms with E-state index in [4.69, 9.17) is 14.8 Å². The minimum Gasteiger partial charge on any atom is -0.490 e. The Morgan fingerprint density at radius 1 is 1.06 bits per heavy atom. The van der Waals surface area contributed by atoms with Crippen molar-refractivity contribution >= 4 is 11.3 Å². The van der Waals surface area contributed by atoms with Crippen molar-refractivity contribution < 1.29 is 9.84 Å². The molecule has 36 heavy (non-hydrogen) atoms. The van der Waals surface area contributed by atoms with E-state index in [9.17, 15) is 5.26 Å². The van der Waals surface area contributed by atoms with Crippen molar-refractivity contribution in [1.82, 2.24) is 24.5 Å². The lowest BCUT2D eigenvalue weighted by atomic mass is 10.1. The number of aliphatic hydroxyl groups is 1. The molecule has 1 fully saturated rings. The molecule has 4 aromatic heterocycles. The SMILES string of the molecule is CC.N#Cc1cnn2cc(OCCO)cc(-c3ccc(N4CCN(Cc5ccccn5)CC4)nc3)c12. The average Bonchev–Trinajstić information content (AvgIpc) is 3.37. The van der Waals surface area contributed by atoms with Crippen molar-refractivity contribution in [3.05, 3.63) is 72.4 Å². The van der Waals surface area contributed by atoms with Gasteiger partial charge in [0.25, 0.3) is 0 Å². The first-order valence-corrected chi connectivity index (χ1v) is 12.2. The normalized spacial score (nSPS) is 13.7. The molecule has 9 nitrogen and oxygen atoms in total. The highest BCUT2D eigenvalue weighted by atomic mass is 16.5. The number of ether oxygens (including phenoxy) is 1. The summed E-state index contributed by atoms with van der Waals surface area (Å²) in [6, 6.07) is 14.1. The second-order valence-electron chi connectivity index (χ2n) is 8.11. The van der Waals surface area contributed by atoms with Gasteiger partial charge in [-0.1, -0.05) is 19.9 Å². The van der Waals surface area contributed by atoms with E-state index < -0.39 is 0 Å². The van der Waals surface area contributed by atoms with Crippen molar-refractivity contribution in [1.29, 1.82) is 5.26 Å². The van der Waals surface area contributed by atoms with Crippen LogP contribution in [-0.2, 0) is 6.54 Å². The zero-order valence-corrected chi connectivity index (χ0v) is 20.7. The Morgan fingerprint density at radius 3 is 2.56 bits per heavy atom. The molecule has 5 heterocycles. The van der Waals surface area contributed by atoms with Crippen molar-refractivity contribution in [2.24, 2.45) is 0 Å². The van der Waals surface area contributed by atoms with Crippen LogP contribution in [0.1, 0.15) is 25.1 Å². The highest BCUT2D eigenvalue weighted by molar-refractivity contribution is 5.85. The van der Waals surface area contributed by atoms with Crippen molar-refractivity contribution in [3.63, 3.8) is 0 Å². The van der Waals surface area contributed by atoms with Gasteiger partial charge < -0.3 is 14.7 Å². The molecule has 0 saturated carbocycles. The predicted molar refractivity (Wildman–Crippen MR) is 139 cm³/mol. The van der Waals surface area contributed by atoms with E-state index in [2.05, 4.69) is 32.0 Å². The van der Waals surface area contributed by atoms with Crippen LogP contribution in [-0.4, -0.2) is 69.0 Å². The van der Waals surface area contributed by atoms with Gasteiger partial charge in [0.2, 0.25) is 0 Å². The number of pyridine rings is 3. The van der Waals surface area contributed by atoms with E-state index in [0.717, 1.165) is 55.4 Å². The quantitative estimate of drug-likeness (QED) is 0.425. The lowest BCUT2D eigenvalue weighted by Crippen LogP contribution is -2.46. The van der Waals surface area contributed by atoms with Gasteiger partial charge in [-0.25, -0.2) is 9.50 Å². The third-order valence-electron chi connectivity index (χ3n) is 5.93. The Hall–Kier alpha value is -4.00. The minimum absolute atomic E-state index is 0.0820. The van der Waals surface area contributed by atoms with Crippen LogP contribution in [0, 0.1) is 11.3 Å². The molecule has 0 unspecified atom stereocenters. The third kappa shape index (κ3) is 5.62. The molecule has 0 radical (unpaired) electrons. The summed E-state index contributed by atoms with van der Waals surface area (Å²) in [5, 5.41) is 22.9. The maximum atomic E-state index is 9.54. The zero-order chi connectivity index (χ0) is 25.3. The largest absolute Gasteiger partial charge is 0.490 e. The van der Waals surface area contributed by atoms with E-state index in [-0.39, 0.29) is 13.2 Å². The predicted octanol–water partition coefficient (Wildman–Crippen LogP) is 3.38.